The van der Waals surface area contributed by atoms with E-state index in [0.29, 0.717) is 0 Å². The van der Waals surface area contributed by atoms with Gasteiger partial charge in [-0.05, 0) is 27.3 Å². The first-order chi connectivity index (χ1) is 5.21. The van der Waals surface area contributed by atoms with Gasteiger partial charge >= 0.3 is 0 Å². The highest BCUT2D eigenvalue weighted by atomic mass is 16.1. The molecule has 0 aliphatic rings. The Labute approximate surface area is 74.7 Å². The molecule has 0 aromatic heterocycles. The minimum Gasteiger partial charge on any atom is -0.369 e. The van der Waals surface area contributed by atoms with E-state index in [4.69, 9.17) is 5.73 Å². The van der Waals surface area contributed by atoms with Gasteiger partial charge < -0.3 is 11.1 Å². The normalized spacial score (nSPS) is 13.1. The molecule has 0 aliphatic carbocycles. The van der Waals surface area contributed by atoms with E-state index in [-0.39, 0.29) is 11.4 Å². The summed E-state index contributed by atoms with van der Waals surface area (Å²) in [7, 11) is 1.89. The summed E-state index contributed by atoms with van der Waals surface area (Å²) in [4.78, 5) is 11.0. The van der Waals surface area contributed by atoms with Gasteiger partial charge in [0.25, 0.3) is 0 Å². The van der Waals surface area contributed by atoms with Gasteiger partial charge in [0.1, 0.15) is 0 Å². The maximum absolute atomic E-state index is 11.0. The number of rotatable bonds is 4. The minimum atomic E-state index is -0.438. The van der Waals surface area contributed by atoms with E-state index in [1.165, 1.54) is 0 Å². The second-order valence-corrected chi connectivity index (χ2v) is 4.56. The minimum absolute atomic E-state index is 0.0431. The van der Waals surface area contributed by atoms with Crippen LogP contribution in [0.15, 0.2) is 0 Å². The molecule has 0 spiro atoms. The zero-order valence-electron chi connectivity index (χ0n) is 8.69. The SMILES string of the molecule is CNC(C)(C)CC(C)(C)C(N)=O. The van der Waals surface area contributed by atoms with Crippen LogP contribution in [0.1, 0.15) is 34.1 Å². The average molecular weight is 172 g/mol. The lowest BCUT2D eigenvalue weighted by atomic mass is 9.79. The molecular formula is C9H20N2O. The van der Waals surface area contributed by atoms with Gasteiger partial charge in [-0.15, -0.1) is 0 Å². The van der Waals surface area contributed by atoms with Crippen LogP contribution < -0.4 is 11.1 Å². The highest BCUT2D eigenvalue weighted by Gasteiger charge is 2.31. The average Bonchev–Trinajstić information content (AvgIpc) is 1.85. The number of amides is 1. The van der Waals surface area contributed by atoms with Gasteiger partial charge in [0, 0.05) is 11.0 Å². The van der Waals surface area contributed by atoms with Gasteiger partial charge in [0.15, 0.2) is 0 Å². The summed E-state index contributed by atoms with van der Waals surface area (Å²) in [5.41, 5.74) is 4.78. The summed E-state index contributed by atoms with van der Waals surface area (Å²) in [6.45, 7) is 7.85. The first kappa shape index (κ1) is 11.4. The van der Waals surface area contributed by atoms with Crippen LogP contribution in [0.5, 0.6) is 0 Å². The lowest BCUT2D eigenvalue weighted by Crippen LogP contribution is -2.44. The van der Waals surface area contributed by atoms with Gasteiger partial charge in [0.2, 0.25) is 5.91 Å². The lowest BCUT2D eigenvalue weighted by molar-refractivity contribution is -0.127. The monoisotopic (exact) mass is 172 g/mol. The van der Waals surface area contributed by atoms with Crippen LogP contribution in [0.3, 0.4) is 0 Å². The van der Waals surface area contributed by atoms with Gasteiger partial charge in [-0.25, -0.2) is 0 Å². The summed E-state index contributed by atoms with van der Waals surface area (Å²) in [5.74, 6) is -0.245. The van der Waals surface area contributed by atoms with Crippen molar-refractivity contribution in [2.75, 3.05) is 7.05 Å². The predicted octanol–water partition coefficient (Wildman–Crippen LogP) is 0.886. The third-order valence-corrected chi connectivity index (χ3v) is 2.23. The molecule has 12 heavy (non-hydrogen) atoms. The topological polar surface area (TPSA) is 55.1 Å². The Morgan fingerprint density at radius 2 is 1.75 bits per heavy atom. The molecule has 0 atom stereocenters. The number of carbonyl (C=O) groups excluding carboxylic acids is 1. The smallest absolute Gasteiger partial charge is 0.223 e. The van der Waals surface area contributed by atoms with Crippen LogP contribution in [-0.4, -0.2) is 18.5 Å². The van der Waals surface area contributed by atoms with Crippen LogP contribution in [0.2, 0.25) is 0 Å². The highest BCUT2D eigenvalue weighted by Crippen LogP contribution is 2.26. The van der Waals surface area contributed by atoms with Crippen molar-refractivity contribution < 1.29 is 4.79 Å². The van der Waals surface area contributed by atoms with E-state index in [1.54, 1.807) is 0 Å². The van der Waals surface area contributed by atoms with Crippen molar-refractivity contribution in [3.8, 4) is 0 Å². The van der Waals surface area contributed by atoms with Crippen LogP contribution in [0, 0.1) is 5.41 Å². The quantitative estimate of drug-likeness (QED) is 0.661. The lowest BCUT2D eigenvalue weighted by Gasteiger charge is -2.32. The fraction of sp³-hybridized carbons (Fsp3) is 0.889. The molecule has 0 heterocycles. The summed E-state index contributed by atoms with van der Waals surface area (Å²) in [6.07, 6.45) is 0.742. The van der Waals surface area contributed by atoms with E-state index in [9.17, 15) is 4.79 Å². The maximum atomic E-state index is 11.0. The van der Waals surface area contributed by atoms with E-state index in [2.05, 4.69) is 19.2 Å². The van der Waals surface area contributed by atoms with E-state index in [0.717, 1.165) is 6.42 Å². The molecule has 0 saturated carbocycles. The second kappa shape index (κ2) is 3.44. The number of primary amides is 1. The Bertz CT molecular complexity index is 173. The molecule has 0 rings (SSSR count). The maximum Gasteiger partial charge on any atom is 0.223 e. The Morgan fingerprint density at radius 1 is 1.33 bits per heavy atom. The summed E-state index contributed by atoms with van der Waals surface area (Å²) in [6, 6.07) is 0. The third kappa shape index (κ3) is 3.22. The molecular weight excluding hydrogens is 152 g/mol. The molecule has 3 N–H and O–H groups in total. The first-order valence-electron chi connectivity index (χ1n) is 4.20. The molecule has 72 valence electrons. The second-order valence-electron chi connectivity index (χ2n) is 4.56. The predicted molar refractivity (Wildman–Crippen MR) is 50.7 cm³/mol. The Hall–Kier alpha value is -0.570. The number of nitrogens with one attached hydrogen (secondary N) is 1. The molecule has 1 amide bonds. The number of hydrogen-bond donors (Lipinski definition) is 2. The zero-order valence-corrected chi connectivity index (χ0v) is 8.69. The van der Waals surface area contributed by atoms with Crippen molar-refractivity contribution in [1.29, 1.82) is 0 Å². The molecule has 0 bridgehead atoms. The van der Waals surface area contributed by atoms with Crippen LogP contribution in [0.4, 0.5) is 0 Å². The Kier molecular flexibility index (Phi) is 3.27. The number of hydrogen-bond acceptors (Lipinski definition) is 2. The first-order valence-corrected chi connectivity index (χ1v) is 4.20. The molecule has 0 saturated heterocycles. The molecule has 0 aromatic carbocycles. The van der Waals surface area contributed by atoms with Crippen molar-refractivity contribution in [1.82, 2.24) is 5.32 Å². The van der Waals surface area contributed by atoms with Gasteiger partial charge in [-0.2, -0.15) is 0 Å². The molecule has 3 nitrogen and oxygen atoms in total. The van der Waals surface area contributed by atoms with Gasteiger partial charge in [0.05, 0.1) is 0 Å². The molecule has 0 radical (unpaired) electrons. The van der Waals surface area contributed by atoms with Crippen molar-refractivity contribution >= 4 is 5.91 Å². The number of carbonyl (C=O) groups is 1. The summed E-state index contributed by atoms with van der Waals surface area (Å²) in [5, 5.41) is 3.14. The molecule has 0 aromatic rings. The fourth-order valence-electron chi connectivity index (χ4n) is 1.28. The number of nitrogens with two attached hydrogens (primary N) is 1. The van der Waals surface area contributed by atoms with Gasteiger partial charge in [-0.3, -0.25) is 4.79 Å². The summed E-state index contributed by atoms with van der Waals surface area (Å²) < 4.78 is 0. The van der Waals surface area contributed by atoms with Gasteiger partial charge in [-0.1, -0.05) is 13.8 Å². The molecule has 0 unspecified atom stereocenters. The zero-order chi connectivity index (χ0) is 9.99. The van der Waals surface area contributed by atoms with E-state index in [1.807, 2.05) is 20.9 Å². The Morgan fingerprint density at radius 3 is 2.00 bits per heavy atom. The van der Waals surface area contributed by atoms with Crippen LogP contribution in [-0.2, 0) is 4.79 Å². The van der Waals surface area contributed by atoms with Crippen molar-refractivity contribution in [2.24, 2.45) is 11.1 Å². The Balaban J connectivity index is 4.34. The molecule has 0 aliphatic heterocycles. The summed E-state index contributed by atoms with van der Waals surface area (Å²) >= 11 is 0. The van der Waals surface area contributed by atoms with Crippen LogP contribution >= 0.6 is 0 Å². The molecule has 0 fully saturated rings. The highest BCUT2D eigenvalue weighted by molar-refractivity contribution is 5.80. The molecule has 3 heteroatoms. The van der Waals surface area contributed by atoms with Crippen LogP contribution in [0.25, 0.3) is 0 Å². The largest absolute Gasteiger partial charge is 0.369 e. The fourth-order valence-corrected chi connectivity index (χ4v) is 1.28. The van der Waals surface area contributed by atoms with E-state index >= 15 is 0 Å². The standard InChI is InChI=1S/C9H20N2O/c1-8(2,7(10)12)6-9(3,4)11-5/h11H,6H2,1-5H3,(H2,10,12). The van der Waals surface area contributed by atoms with Crippen molar-refractivity contribution in [3.05, 3.63) is 0 Å². The third-order valence-electron chi connectivity index (χ3n) is 2.23. The van der Waals surface area contributed by atoms with E-state index < -0.39 is 5.41 Å². The van der Waals surface area contributed by atoms with Crippen molar-refractivity contribution in [3.63, 3.8) is 0 Å². The van der Waals surface area contributed by atoms with Crippen molar-refractivity contribution in [2.45, 2.75) is 39.7 Å².